The van der Waals surface area contributed by atoms with Crippen molar-refractivity contribution < 1.29 is 14.3 Å². The number of rotatable bonds is 5. The van der Waals surface area contributed by atoms with Gasteiger partial charge in [0.1, 0.15) is 17.9 Å². The molecule has 2 unspecified atom stereocenters. The molecule has 0 bridgehead atoms. The van der Waals surface area contributed by atoms with Crippen LogP contribution in [0.15, 0.2) is 24.3 Å². The summed E-state index contributed by atoms with van der Waals surface area (Å²) in [5.41, 5.74) is 6.71. The first kappa shape index (κ1) is 12.9. The number of carbonyl (C=O) groups is 1. The number of nitrogens with two attached hydrogens (primary N) is 1. The molecule has 0 fully saturated rings. The van der Waals surface area contributed by atoms with Gasteiger partial charge < -0.3 is 15.2 Å². The highest BCUT2D eigenvalue weighted by Crippen LogP contribution is 2.27. The van der Waals surface area contributed by atoms with Gasteiger partial charge in [-0.2, -0.15) is 0 Å². The van der Waals surface area contributed by atoms with Crippen molar-refractivity contribution in [2.75, 3.05) is 20.2 Å². The van der Waals surface area contributed by atoms with Crippen molar-refractivity contribution in [3.8, 4) is 5.75 Å². The van der Waals surface area contributed by atoms with Crippen LogP contribution in [-0.2, 0) is 16.0 Å². The lowest BCUT2D eigenvalue weighted by Crippen LogP contribution is -2.47. The van der Waals surface area contributed by atoms with Crippen molar-refractivity contribution in [1.82, 2.24) is 5.32 Å². The lowest BCUT2D eigenvalue weighted by Gasteiger charge is -2.17. The average molecular weight is 250 g/mol. The molecule has 0 saturated heterocycles. The SMILES string of the molecule is COC(=O)C(CN)NCC1Cc2ccccc2O1. The van der Waals surface area contributed by atoms with Crippen LogP contribution >= 0.6 is 0 Å². The predicted octanol–water partition coefficient (Wildman–Crippen LogP) is 0.0800. The first-order valence-electron chi connectivity index (χ1n) is 6.00. The van der Waals surface area contributed by atoms with Crippen LogP contribution in [0.4, 0.5) is 0 Å². The van der Waals surface area contributed by atoms with Gasteiger partial charge in [-0.25, -0.2) is 0 Å². The van der Waals surface area contributed by atoms with E-state index in [1.807, 2.05) is 18.2 Å². The molecule has 0 aliphatic carbocycles. The van der Waals surface area contributed by atoms with E-state index >= 15 is 0 Å². The second-order valence-corrected chi connectivity index (χ2v) is 4.27. The molecule has 5 heteroatoms. The van der Waals surface area contributed by atoms with E-state index in [1.54, 1.807) is 0 Å². The minimum absolute atomic E-state index is 0.0427. The third-order valence-electron chi connectivity index (χ3n) is 3.03. The molecule has 1 aliphatic heterocycles. The zero-order chi connectivity index (χ0) is 13.0. The molecule has 1 aromatic carbocycles. The van der Waals surface area contributed by atoms with Crippen molar-refractivity contribution in [2.45, 2.75) is 18.6 Å². The summed E-state index contributed by atoms with van der Waals surface area (Å²) in [5, 5.41) is 3.07. The van der Waals surface area contributed by atoms with Gasteiger partial charge in [-0.1, -0.05) is 18.2 Å². The Morgan fingerprint density at radius 3 is 3.06 bits per heavy atom. The van der Waals surface area contributed by atoms with E-state index in [-0.39, 0.29) is 18.6 Å². The maximum absolute atomic E-state index is 11.4. The second kappa shape index (κ2) is 5.84. The van der Waals surface area contributed by atoms with Crippen LogP contribution in [0, 0.1) is 0 Å². The van der Waals surface area contributed by atoms with Crippen molar-refractivity contribution >= 4 is 5.97 Å². The number of nitrogens with one attached hydrogen (secondary N) is 1. The standard InChI is InChI=1S/C13H18N2O3/c1-17-13(16)11(7-14)15-8-10-6-9-4-2-3-5-12(9)18-10/h2-5,10-11,15H,6-8,14H2,1H3. The van der Waals surface area contributed by atoms with Gasteiger partial charge in [0.2, 0.25) is 0 Å². The molecule has 0 amide bonds. The highest BCUT2D eigenvalue weighted by atomic mass is 16.5. The van der Waals surface area contributed by atoms with Crippen LogP contribution in [0.3, 0.4) is 0 Å². The Labute approximate surface area is 106 Å². The third-order valence-corrected chi connectivity index (χ3v) is 3.03. The Kier molecular flexibility index (Phi) is 4.17. The lowest BCUT2D eigenvalue weighted by atomic mass is 10.1. The van der Waals surface area contributed by atoms with Crippen molar-refractivity contribution in [3.05, 3.63) is 29.8 Å². The van der Waals surface area contributed by atoms with Gasteiger partial charge in [-0.05, 0) is 11.6 Å². The van der Waals surface area contributed by atoms with E-state index in [1.165, 1.54) is 12.7 Å². The normalized spacial score (nSPS) is 18.9. The number of ether oxygens (including phenoxy) is 2. The van der Waals surface area contributed by atoms with Gasteiger partial charge in [0, 0.05) is 19.5 Å². The van der Waals surface area contributed by atoms with E-state index in [2.05, 4.69) is 16.1 Å². The summed E-state index contributed by atoms with van der Waals surface area (Å²) >= 11 is 0. The Hall–Kier alpha value is -1.59. The van der Waals surface area contributed by atoms with Crippen LogP contribution in [0.25, 0.3) is 0 Å². The molecule has 0 aromatic heterocycles. The molecule has 1 heterocycles. The number of esters is 1. The zero-order valence-electron chi connectivity index (χ0n) is 10.4. The molecule has 0 radical (unpaired) electrons. The van der Waals surface area contributed by atoms with Crippen LogP contribution in [0.1, 0.15) is 5.56 Å². The predicted molar refractivity (Wildman–Crippen MR) is 67.4 cm³/mol. The Morgan fingerprint density at radius 1 is 1.61 bits per heavy atom. The quantitative estimate of drug-likeness (QED) is 0.724. The fraction of sp³-hybridized carbons (Fsp3) is 0.462. The lowest BCUT2D eigenvalue weighted by molar-refractivity contribution is -0.142. The van der Waals surface area contributed by atoms with Crippen LogP contribution in [0.2, 0.25) is 0 Å². The average Bonchev–Trinajstić information content (AvgIpc) is 2.81. The molecule has 1 aliphatic rings. The molecule has 1 aromatic rings. The second-order valence-electron chi connectivity index (χ2n) is 4.27. The fourth-order valence-corrected chi connectivity index (χ4v) is 2.05. The molecule has 2 atom stereocenters. The van der Waals surface area contributed by atoms with Gasteiger partial charge >= 0.3 is 5.97 Å². The van der Waals surface area contributed by atoms with Crippen LogP contribution in [-0.4, -0.2) is 38.3 Å². The molecular weight excluding hydrogens is 232 g/mol. The highest BCUT2D eigenvalue weighted by molar-refractivity contribution is 5.75. The molecule has 5 nitrogen and oxygen atoms in total. The molecule has 0 saturated carbocycles. The first-order valence-corrected chi connectivity index (χ1v) is 6.00. The van der Waals surface area contributed by atoms with E-state index < -0.39 is 6.04 Å². The minimum atomic E-state index is -0.470. The smallest absolute Gasteiger partial charge is 0.324 e. The van der Waals surface area contributed by atoms with Crippen LogP contribution in [0.5, 0.6) is 5.75 Å². The Morgan fingerprint density at radius 2 is 2.39 bits per heavy atom. The number of benzene rings is 1. The maximum atomic E-state index is 11.4. The van der Waals surface area contributed by atoms with Gasteiger partial charge in [0.15, 0.2) is 0 Å². The molecule has 0 spiro atoms. The Bertz CT molecular complexity index is 397. The Balaban J connectivity index is 1.84. The minimum Gasteiger partial charge on any atom is -0.488 e. The number of methoxy groups -OCH3 is 1. The van der Waals surface area contributed by atoms with Gasteiger partial charge in [0.05, 0.1) is 7.11 Å². The summed E-state index contributed by atoms with van der Waals surface area (Å²) in [6.07, 6.45) is 0.892. The topological polar surface area (TPSA) is 73.6 Å². The summed E-state index contributed by atoms with van der Waals surface area (Å²) in [6, 6.07) is 7.48. The van der Waals surface area contributed by atoms with Gasteiger partial charge in [0.25, 0.3) is 0 Å². The monoisotopic (exact) mass is 250 g/mol. The maximum Gasteiger partial charge on any atom is 0.324 e. The van der Waals surface area contributed by atoms with Crippen LogP contribution < -0.4 is 15.8 Å². The van der Waals surface area contributed by atoms with E-state index in [4.69, 9.17) is 10.5 Å². The zero-order valence-corrected chi connectivity index (χ0v) is 10.4. The number of fused-ring (bicyclic) bond motifs is 1. The number of hydrogen-bond donors (Lipinski definition) is 2. The third kappa shape index (κ3) is 2.80. The summed E-state index contributed by atoms with van der Waals surface area (Å²) in [7, 11) is 1.36. The first-order chi connectivity index (χ1) is 8.74. The summed E-state index contributed by atoms with van der Waals surface area (Å²) in [6.45, 7) is 0.790. The summed E-state index contributed by atoms with van der Waals surface area (Å²) < 4.78 is 10.4. The van der Waals surface area contributed by atoms with Crippen molar-refractivity contribution in [2.24, 2.45) is 5.73 Å². The van der Waals surface area contributed by atoms with Gasteiger partial charge in [-0.15, -0.1) is 0 Å². The van der Waals surface area contributed by atoms with E-state index in [0.717, 1.165) is 12.2 Å². The molecule has 2 rings (SSSR count). The fourth-order valence-electron chi connectivity index (χ4n) is 2.05. The van der Waals surface area contributed by atoms with Crippen molar-refractivity contribution in [1.29, 1.82) is 0 Å². The largest absolute Gasteiger partial charge is 0.488 e. The van der Waals surface area contributed by atoms with E-state index in [9.17, 15) is 4.79 Å². The van der Waals surface area contributed by atoms with Gasteiger partial charge in [-0.3, -0.25) is 10.1 Å². The van der Waals surface area contributed by atoms with E-state index in [0.29, 0.717) is 6.54 Å². The number of hydrogen-bond acceptors (Lipinski definition) is 5. The highest BCUT2D eigenvalue weighted by Gasteiger charge is 2.24. The molecule has 98 valence electrons. The number of carbonyl (C=O) groups excluding carboxylic acids is 1. The molecule has 3 N–H and O–H groups in total. The van der Waals surface area contributed by atoms with Crippen molar-refractivity contribution in [3.63, 3.8) is 0 Å². The molecule has 18 heavy (non-hydrogen) atoms. The summed E-state index contributed by atoms with van der Waals surface area (Å²) in [4.78, 5) is 11.4. The molecular formula is C13H18N2O3. The number of para-hydroxylation sites is 1. The summed E-state index contributed by atoms with van der Waals surface area (Å²) in [5.74, 6) is 0.583.